The van der Waals surface area contributed by atoms with Gasteiger partial charge in [-0.05, 0) is 37.0 Å². The third-order valence-electron chi connectivity index (χ3n) is 3.58. The molecule has 2 aromatic rings. The Labute approximate surface area is 122 Å². The molecule has 0 bridgehead atoms. The second-order valence-corrected chi connectivity index (χ2v) is 5.54. The molecule has 0 aliphatic heterocycles. The Morgan fingerprint density at radius 1 is 1.35 bits per heavy atom. The Balaban J connectivity index is 1.90. The van der Waals surface area contributed by atoms with Gasteiger partial charge in [-0.3, -0.25) is 9.78 Å². The van der Waals surface area contributed by atoms with Crippen LogP contribution in [-0.2, 0) is 0 Å². The van der Waals surface area contributed by atoms with Gasteiger partial charge in [-0.15, -0.1) is 0 Å². The van der Waals surface area contributed by atoms with Gasteiger partial charge in [0, 0.05) is 17.1 Å². The molecule has 5 heteroatoms. The SMILES string of the molecule is NC(=S)C(NC(=O)c1cccc2ncccc12)C1CC1. The van der Waals surface area contributed by atoms with Crippen LogP contribution in [0.2, 0.25) is 0 Å². The largest absolute Gasteiger partial charge is 0.392 e. The van der Waals surface area contributed by atoms with Crippen LogP contribution in [0.4, 0.5) is 0 Å². The zero-order valence-electron chi connectivity index (χ0n) is 10.9. The van der Waals surface area contributed by atoms with Crippen LogP contribution in [0, 0.1) is 5.92 Å². The van der Waals surface area contributed by atoms with Crippen LogP contribution in [0.1, 0.15) is 23.2 Å². The molecule has 1 aliphatic carbocycles. The molecular formula is C15H15N3OS. The quantitative estimate of drug-likeness (QED) is 0.843. The Hall–Kier alpha value is -2.01. The van der Waals surface area contributed by atoms with Crippen molar-refractivity contribution in [2.24, 2.45) is 11.7 Å². The van der Waals surface area contributed by atoms with E-state index in [2.05, 4.69) is 10.3 Å². The number of aromatic nitrogens is 1. The van der Waals surface area contributed by atoms with E-state index in [4.69, 9.17) is 18.0 Å². The van der Waals surface area contributed by atoms with E-state index < -0.39 is 0 Å². The fourth-order valence-electron chi connectivity index (χ4n) is 2.37. The molecule has 102 valence electrons. The highest BCUT2D eigenvalue weighted by molar-refractivity contribution is 7.80. The molecule has 1 amide bonds. The summed E-state index contributed by atoms with van der Waals surface area (Å²) in [5.41, 5.74) is 7.13. The molecular weight excluding hydrogens is 270 g/mol. The van der Waals surface area contributed by atoms with Crippen molar-refractivity contribution in [3.05, 3.63) is 42.1 Å². The summed E-state index contributed by atoms with van der Waals surface area (Å²) in [4.78, 5) is 17.1. The molecule has 1 aliphatic rings. The van der Waals surface area contributed by atoms with E-state index in [-0.39, 0.29) is 11.9 Å². The molecule has 4 nitrogen and oxygen atoms in total. The fraction of sp³-hybridized carbons (Fsp3) is 0.267. The molecule has 0 saturated heterocycles. The second kappa shape index (κ2) is 5.17. The maximum Gasteiger partial charge on any atom is 0.252 e. The lowest BCUT2D eigenvalue weighted by Crippen LogP contribution is -2.45. The summed E-state index contributed by atoms with van der Waals surface area (Å²) in [5.74, 6) is 0.248. The predicted octanol–water partition coefficient (Wildman–Crippen LogP) is 2.03. The van der Waals surface area contributed by atoms with E-state index in [1.165, 1.54) is 0 Å². The van der Waals surface area contributed by atoms with Gasteiger partial charge in [-0.25, -0.2) is 0 Å². The predicted molar refractivity (Wildman–Crippen MR) is 82.5 cm³/mol. The van der Waals surface area contributed by atoms with E-state index in [0.717, 1.165) is 23.7 Å². The van der Waals surface area contributed by atoms with Crippen molar-refractivity contribution in [2.45, 2.75) is 18.9 Å². The Morgan fingerprint density at radius 2 is 2.15 bits per heavy atom. The Kier molecular flexibility index (Phi) is 3.36. The van der Waals surface area contributed by atoms with Gasteiger partial charge in [0.15, 0.2) is 0 Å². The Bertz CT molecular complexity index is 676. The maximum absolute atomic E-state index is 12.5. The number of nitrogens with two attached hydrogens (primary N) is 1. The lowest BCUT2D eigenvalue weighted by atomic mass is 10.1. The molecule has 1 fully saturated rings. The van der Waals surface area contributed by atoms with Gasteiger partial charge in [-0.1, -0.05) is 24.4 Å². The maximum atomic E-state index is 12.5. The number of hydrogen-bond donors (Lipinski definition) is 2. The molecule has 0 radical (unpaired) electrons. The number of amides is 1. The highest BCUT2D eigenvalue weighted by Gasteiger charge is 2.34. The van der Waals surface area contributed by atoms with E-state index >= 15 is 0 Å². The van der Waals surface area contributed by atoms with Crippen molar-refractivity contribution >= 4 is 34.0 Å². The van der Waals surface area contributed by atoms with Crippen LogP contribution in [-0.4, -0.2) is 21.9 Å². The number of pyridine rings is 1. The minimum Gasteiger partial charge on any atom is -0.392 e. The van der Waals surface area contributed by atoms with Crippen LogP contribution in [0.25, 0.3) is 10.9 Å². The van der Waals surface area contributed by atoms with E-state index in [1.807, 2.05) is 24.3 Å². The minimum atomic E-state index is -0.204. The van der Waals surface area contributed by atoms with Gasteiger partial charge in [-0.2, -0.15) is 0 Å². The first-order chi connectivity index (χ1) is 9.66. The van der Waals surface area contributed by atoms with Crippen LogP contribution in [0.15, 0.2) is 36.5 Å². The molecule has 1 aromatic carbocycles. The number of nitrogens with zero attached hydrogens (tertiary/aromatic N) is 1. The highest BCUT2D eigenvalue weighted by Crippen LogP contribution is 2.33. The summed E-state index contributed by atoms with van der Waals surface area (Å²) >= 11 is 5.05. The minimum absolute atomic E-state index is 0.145. The zero-order valence-corrected chi connectivity index (χ0v) is 11.7. The molecule has 1 unspecified atom stereocenters. The fourth-order valence-corrected chi connectivity index (χ4v) is 2.62. The molecule has 20 heavy (non-hydrogen) atoms. The molecule has 1 atom stereocenters. The van der Waals surface area contributed by atoms with Gasteiger partial charge in [0.1, 0.15) is 0 Å². The van der Waals surface area contributed by atoms with Crippen LogP contribution < -0.4 is 11.1 Å². The third kappa shape index (κ3) is 2.49. The summed E-state index contributed by atoms with van der Waals surface area (Å²) in [6.45, 7) is 0. The molecule has 1 saturated carbocycles. The third-order valence-corrected chi connectivity index (χ3v) is 3.83. The second-order valence-electron chi connectivity index (χ2n) is 5.07. The highest BCUT2D eigenvalue weighted by atomic mass is 32.1. The van der Waals surface area contributed by atoms with Crippen molar-refractivity contribution in [3.8, 4) is 0 Å². The lowest BCUT2D eigenvalue weighted by Gasteiger charge is -2.17. The topological polar surface area (TPSA) is 68.0 Å². The number of benzene rings is 1. The van der Waals surface area contributed by atoms with E-state index in [1.54, 1.807) is 12.3 Å². The number of hydrogen-bond acceptors (Lipinski definition) is 3. The number of rotatable bonds is 4. The molecule has 3 rings (SSSR count). The number of carbonyl (C=O) groups excluding carboxylic acids is 1. The Morgan fingerprint density at radius 3 is 2.85 bits per heavy atom. The molecule has 3 N–H and O–H groups in total. The molecule has 0 spiro atoms. The number of carbonyl (C=O) groups is 1. The molecule has 1 heterocycles. The average Bonchev–Trinajstić information content (AvgIpc) is 3.28. The number of thiocarbonyl (C=S) groups is 1. The van der Waals surface area contributed by atoms with E-state index in [0.29, 0.717) is 16.5 Å². The van der Waals surface area contributed by atoms with Gasteiger partial charge < -0.3 is 11.1 Å². The van der Waals surface area contributed by atoms with Crippen molar-refractivity contribution in [2.75, 3.05) is 0 Å². The summed E-state index contributed by atoms with van der Waals surface area (Å²) < 4.78 is 0. The van der Waals surface area contributed by atoms with Crippen molar-refractivity contribution in [3.63, 3.8) is 0 Å². The standard InChI is InChI=1S/C15H15N3OS/c16-14(20)13(9-6-7-9)18-15(19)11-3-1-5-12-10(11)4-2-8-17-12/h1-5,8-9,13H,6-7H2,(H2,16,20)(H,18,19). The summed E-state index contributed by atoms with van der Waals surface area (Å²) in [5, 5.41) is 3.79. The first-order valence-electron chi connectivity index (χ1n) is 6.61. The van der Waals surface area contributed by atoms with Crippen LogP contribution in [0.3, 0.4) is 0 Å². The monoisotopic (exact) mass is 285 g/mol. The van der Waals surface area contributed by atoms with Gasteiger partial charge >= 0.3 is 0 Å². The van der Waals surface area contributed by atoms with Crippen LogP contribution >= 0.6 is 12.2 Å². The lowest BCUT2D eigenvalue weighted by molar-refractivity contribution is 0.0945. The van der Waals surface area contributed by atoms with Gasteiger partial charge in [0.25, 0.3) is 5.91 Å². The average molecular weight is 285 g/mol. The summed E-state index contributed by atoms with van der Waals surface area (Å²) in [6, 6.07) is 9.03. The number of fused-ring (bicyclic) bond motifs is 1. The number of nitrogens with one attached hydrogen (secondary N) is 1. The first kappa shape index (κ1) is 13.0. The summed E-state index contributed by atoms with van der Waals surface area (Å²) in [7, 11) is 0. The summed E-state index contributed by atoms with van der Waals surface area (Å²) in [6.07, 6.45) is 3.85. The van der Waals surface area contributed by atoms with Gasteiger partial charge in [0.05, 0.1) is 16.5 Å². The smallest absolute Gasteiger partial charge is 0.252 e. The van der Waals surface area contributed by atoms with E-state index in [9.17, 15) is 4.79 Å². The van der Waals surface area contributed by atoms with Gasteiger partial charge in [0.2, 0.25) is 0 Å². The van der Waals surface area contributed by atoms with Crippen molar-refractivity contribution in [1.29, 1.82) is 0 Å². The zero-order chi connectivity index (χ0) is 14.1. The van der Waals surface area contributed by atoms with Crippen molar-refractivity contribution in [1.82, 2.24) is 10.3 Å². The normalized spacial score (nSPS) is 15.8. The molecule has 1 aromatic heterocycles. The first-order valence-corrected chi connectivity index (χ1v) is 7.01. The van der Waals surface area contributed by atoms with Crippen LogP contribution in [0.5, 0.6) is 0 Å². The van der Waals surface area contributed by atoms with Crippen molar-refractivity contribution < 1.29 is 4.79 Å².